The maximum absolute atomic E-state index is 12.2. The Labute approximate surface area is 249 Å². The van der Waals surface area contributed by atoms with Gasteiger partial charge in [0, 0.05) is 51.6 Å². The molecule has 2 atom stereocenters. The number of ether oxygens (including phenoxy) is 1. The van der Waals surface area contributed by atoms with Crippen LogP contribution < -0.4 is 0 Å². The first-order valence-corrected chi connectivity index (χ1v) is 14.6. The largest absolute Gasteiger partial charge is 0.480 e. The van der Waals surface area contributed by atoms with Gasteiger partial charge >= 0.3 is 5.97 Å². The van der Waals surface area contributed by atoms with Crippen molar-refractivity contribution in [2.24, 2.45) is 0 Å². The van der Waals surface area contributed by atoms with Crippen LogP contribution in [0.15, 0.2) is 29.2 Å². The molecule has 0 fully saturated rings. The van der Waals surface area contributed by atoms with Gasteiger partial charge in [-0.1, -0.05) is 26.5 Å². The zero-order chi connectivity index (χ0) is 30.7. The molecule has 0 aromatic carbocycles. The highest BCUT2D eigenvalue weighted by Crippen LogP contribution is 2.49. The summed E-state index contributed by atoms with van der Waals surface area (Å²) in [7, 11) is 1.37. The fourth-order valence-corrected chi connectivity index (χ4v) is 6.61. The molecule has 3 aliphatic heterocycles. The maximum Gasteiger partial charge on any atom is 0.305 e. The van der Waals surface area contributed by atoms with Crippen LogP contribution in [0.5, 0.6) is 11.9 Å². The Bertz CT molecular complexity index is 2030. The molecule has 9 heteroatoms. The summed E-state index contributed by atoms with van der Waals surface area (Å²) in [5.74, 6) is -1.57. The predicted molar refractivity (Wildman–Crippen MR) is 168 cm³/mol. The molecular formula is C34H36N4O5. The number of H-pyrrole nitrogens is 2. The molecule has 4 N–H and O–H groups in total. The van der Waals surface area contributed by atoms with Crippen molar-refractivity contribution >= 4 is 45.0 Å². The molecule has 0 spiro atoms. The van der Waals surface area contributed by atoms with Crippen molar-refractivity contribution < 1.29 is 24.2 Å². The van der Waals surface area contributed by atoms with Gasteiger partial charge in [0.1, 0.15) is 5.39 Å². The number of carbonyl (C=O) groups is 1. The second-order valence-corrected chi connectivity index (χ2v) is 11.4. The van der Waals surface area contributed by atoms with E-state index in [1.165, 1.54) is 7.11 Å². The van der Waals surface area contributed by atoms with Crippen LogP contribution >= 0.6 is 0 Å². The molecular weight excluding hydrogens is 544 g/mol. The summed E-state index contributed by atoms with van der Waals surface area (Å²) in [6.07, 6.45) is 3.28. The molecule has 6 rings (SSSR count). The number of nitrogens with zero attached hydrogens (tertiary/aromatic N) is 2. The summed E-state index contributed by atoms with van der Waals surface area (Å²) in [6, 6.07) is 6.11. The molecule has 0 aliphatic carbocycles. The van der Waals surface area contributed by atoms with Crippen molar-refractivity contribution in [2.45, 2.75) is 65.7 Å². The lowest BCUT2D eigenvalue weighted by molar-refractivity contribution is -0.140. The van der Waals surface area contributed by atoms with Gasteiger partial charge in [-0.15, -0.1) is 0 Å². The zero-order valence-electron chi connectivity index (χ0n) is 25.3. The van der Waals surface area contributed by atoms with Crippen LogP contribution in [0.4, 0.5) is 0 Å². The van der Waals surface area contributed by atoms with Crippen molar-refractivity contribution in [3.8, 4) is 23.1 Å². The number of aromatic amines is 2. The minimum atomic E-state index is -0.473. The number of rotatable bonds is 5. The van der Waals surface area contributed by atoms with Crippen molar-refractivity contribution in [3.05, 3.63) is 64.0 Å². The first kappa shape index (κ1) is 28.3. The monoisotopic (exact) mass is 580 g/mol. The van der Waals surface area contributed by atoms with Crippen LogP contribution in [0.3, 0.4) is 0 Å². The number of hydrogen-bond donors (Lipinski definition) is 4. The lowest BCUT2D eigenvalue weighted by Crippen LogP contribution is -2.08. The van der Waals surface area contributed by atoms with E-state index in [9.17, 15) is 15.0 Å². The van der Waals surface area contributed by atoms with E-state index in [0.29, 0.717) is 39.8 Å². The Morgan fingerprint density at radius 1 is 1.02 bits per heavy atom. The number of aromatic hydroxyl groups is 2. The van der Waals surface area contributed by atoms with Crippen LogP contribution in [0.25, 0.3) is 50.3 Å². The summed E-state index contributed by atoms with van der Waals surface area (Å²) in [5, 5.41) is 22.3. The molecule has 6 heterocycles. The summed E-state index contributed by atoms with van der Waals surface area (Å²) in [5.41, 5.74) is 11.5. The number of hydrogen-bond acceptors (Lipinski definition) is 7. The molecule has 9 nitrogen and oxygen atoms in total. The van der Waals surface area contributed by atoms with Crippen LogP contribution in [0.2, 0.25) is 0 Å². The first-order chi connectivity index (χ1) is 20.6. The Hall–Kier alpha value is -4.79. The number of fused-ring (bicyclic) bond motifs is 8. The van der Waals surface area contributed by atoms with Gasteiger partial charge in [-0.3, -0.25) is 9.78 Å². The Kier molecular flexibility index (Phi) is 6.91. The second kappa shape index (κ2) is 10.5. The van der Waals surface area contributed by atoms with E-state index in [4.69, 9.17) is 19.1 Å². The predicted octanol–water partition coefficient (Wildman–Crippen LogP) is 7.67. The van der Waals surface area contributed by atoms with Crippen molar-refractivity contribution in [1.82, 2.24) is 19.9 Å². The maximum atomic E-state index is 12.2. The normalized spacial score (nSPS) is 15.9. The SMILES string of the molecule is C=Cc1c(C)c2cc3nc(c4c5nc(cc6[nH]c(cc1[nH]2)c(C)c6CC)c(C)c-5c(O)oc4O)[C@@H](CCC(=O)OC)[C@@H]3C. The smallest absolute Gasteiger partial charge is 0.305 e. The molecule has 222 valence electrons. The molecule has 8 bridgehead atoms. The quantitative estimate of drug-likeness (QED) is 0.157. The molecule has 0 saturated carbocycles. The number of esters is 1. The van der Waals surface area contributed by atoms with Gasteiger partial charge in [-0.25, -0.2) is 4.98 Å². The van der Waals surface area contributed by atoms with Gasteiger partial charge in [-0.05, 0) is 74.1 Å². The summed E-state index contributed by atoms with van der Waals surface area (Å²) in [4.78, 5) is 29.4. The number of aryl methyl sites for hydroxylation is 4. The molecule has 0 amide bonds. The van der Waals surface area contributed by atoms with Crippen LogP contribution in [0.1, 0.15) is 77.7 Å². The second-order valence-electron chi connectivity index (χ2n) is 11.4. The van der Waals surface area contributed by atoms with E-state index in [1.54, 1.807) is 0 Å². The standard InChI is InChI=1S/C34H36N4O5/c1-8-19-15(3)22-12-24-17(5)21(10-11-28(39)42-7)31(37-24)30-32-29(33(40)43-34(30)41)18(6)25(38-32)14-27-20(9-2)16(4)23(36-27)13-26(19)35-22/h8,12-14,17,21,35-36,40-41H,1,9-11H2,2-7H3/t17-,21-/m0/s1. The highest BCUT2D eigenvalue weighted by atomic mass is 16.5. The van der Waals surface area contributed by atoms with Gasteiger partial charge in [-0.2, -0.15) is 0 Å². The fourth-order valence-electron chi connectivity index (χ4n) is 6.61. The Balaban J connectivity index is 1.82. The third-order valence-corrected chi connectivity index (χ3v) is 9.14. The number of methoxy groups -OCH3 is 1. The zero-order valence-corrected chi connectivity index (χ0v) is 25.3. The van der Waals surface area contributed by atoms with Crippen LogP contribution in [-0.2, 0) is 16.0 Å². The fraction of sp³-hybridized carbons (Fsp3) is 0.324. The molecule has 0 unspecified atom stereocenters. The highest BCUT2D eigenvalue weighted by molar-refractivity contribution is 5.95. The van der Waals surface area contributed by atoms with Gasteiger partial charge in [0.05, 0.1) is 29.6 Å². The summed E-state index contributed by atoms with van der Waals surface area (Å²) in [6.45, 7) is 14.3. The average Bonchev–Trinajstić information content (AvgIpc) is 3.65. The van der Waals surface area contributed by atoms with E-state index >= 15 is 0 Å². The minimum absolute atomic E-state index is 0.108. The Morgan fingerprint density at radius 3 is 2.44 bits per heavy atom. The first-order valence-electron chi connectivity index (χ1n) is 14.6. The number of aromatic nitrogens is 4. The summed E-state index contributed by atoms with van der Waals surface area (Å²) >= 11 is 0. The van der Waals surface area contributed by atoms with Gasteiger partial charge < -0.3 is 29.3 Å². The van der Waals surface area contributed by atoms with Crippen molar-refractivity contribution in [3.63, 3.8) is 0 Å². The van der Waals surface area contributed by atoms with Gasteiger partial charge in [0.25, 0.3) is 11.9 Å². The van der Waals surface area contributed by atoms with E-state index in [1.807, 2.05) is 25.1 Å². The third kappa shape index (κ3) is 4.42. The molecule has 43 heavy (non-hydrogen) atoms. The van der Waals surface area contributed by atoms with Crippen LogP contribution in [-0.4, -0.2) is 43.2 Å². The van der Waals surface area contributed by atoms with E-state index in [0.717, 1.165) is 56.4 Å². The lowest BCUT2D eigenvalue weighted by atomic mass is 9.86. The average molecular weight is 581 g/mol. The van der Waals surface area contributed by atoms with E-state index < -0.39 is 11.9 Å². The molecule has 0 saturated heterocycles. The molecule has 3 aromatic rings. The molecule has 0 radical (unpaired) electrons. The van der Waals surface area contributed by atoms with Crippen molar-refractivity contribution in [1.29, 1.82) is 0 Å². The van der Waals surface area contributed by atoms with Gasteiger partial charge in [0.2, 0.25) is 0 Å². The molecule has 3 aliphatic rings. The lowest BCUT2D eigenvalue weighted by Gasteiger charge is -2.17. The van der Waals surface area contributed by atoms with Gasteiger partial charge in [0.15, 0.2) is 0 Å². The van der Waals surface area contributed by atoms with E-state index in [-0.39, 0.29) is 24.2 Å². The summed E-state index contributed by atoms with van der Waals surface area (Å²) < 4.78 is 10.4. The molecule has 3 aromatic heterocycles. The number of carbonyl (C=O) groups excluding carboxylic acids is 1. The van der Waals surface area contributed by atoms with E-state index in [2.05, 4.69) is 50.3 Å². The topological polar surface area (TPSA) is 137 Å². The highest BCUT2D eigenvalue weighted by Gasteiger charge is 2.35. The van der Waals surface area contributed by atoms with Crippen LogP contribution in [0, 0.1) is 20.8 Å². The minimum Gasteiger partial charge on any atom is -0.480 e. The number of nitrogens with one attached hydrogen (secondary N) is 2. The third-order valence-electron chi connectivity index (χ3n) is 9.14. The van der Waals surface area contributed by atoms with Crippen molar-refractivity contribution in [2.75, 3.05) is 7.11 Å². The Morgan fingerprint density at radius 2 is 1.74 bits per heavy atom.